The molecule has 0 radical (unpaired) electrons. The molecule has 4 aromatic rings. The molecule has 2 aromatic carbocycles. The topological polar surface area (TPSA) is 78.0 Å². The van der Waals surface area contributed by atoms with Gasteiger partial charge >= 0.3 is 0 Å². The number of fused-ring (bicyclic) bond motifs is 2. The van der Waals surface area contributed by atoms with Crippen molar-refractivity contribution in [2.45, 2.75) is 0 Å². The number of nitro benzene ring substituents is 1. The highest BCUT2D eigenvalue weighted by atomic mass is 16.6. The Balaban J connectivity index is 2.01. The lowest BCUT2D eigenvalue weighted by Crippen LogP contribution is -2.11. The van der Waals surface area contributed by atoms with Crippen LogP contribution in [0.2, 0.25) is 0 Å². The molecule has 0 N–H and O–H groups in total. The zero-order valence-corrected chi connectivity index (χ0v) is 13.3. The van der Waals surface area contributed by atoms with Gasteiger partial charge in [-0.2, -0.15) is 0 Å². The van der Waals surface area contributed by atoms with Crippen LogP contribution in [-0.2, 0) is 7.05 Å². The number of benzene rings is 2. The highest BCUT2D eigenvalue weighted by Crippen LogP contribution is 2.23. The van der Waals surface area contributed by atoms with Gasteiger partial charge in [-0.15, -0.1) is 0 Å². The minimum Gasteiger partial charge on any atom is -0.350 e. The van der Waals surface area contributed by atoms with Gasteiger partial charge in [0.05, 0.1) is 32.6 Å². The second-order valence-electron chi connectivity index (χ2n) is 5.83. The number of pyridine rings is 2. The highest BCUT2D eigenvalue weighted by molar-refractivity contribution is 5.87. The normalized spacial score (nSPS) is 11.1. The SMILES string of the molecule is Cn1cc(-c2ccc3ccccc3n2)c(=O)c2cc([N+](=O)[O-])ccc21. The molecule has 0 aliphatic carbocycles. The molecule has 0 unspecified atom stereocenters. The number of aryl methyl sites for hydroxylation is 1. The third-order valence-corrected chi connectivity index (χ3v) is 4.26. The number of hydrogen-bond donors (Lipinski definition) is 0. The summed E-state index contributed by atoms with van der Waals surface area (Å²) < 4.78 is 1.78. The number of nitro groups is 1. The van der Waals surface area contributed by atoms with Crippen molar-refractivity contribution >= 4 is 27.5 Å². The second-order valence-corrected chi connectivity index (χ2v) is 5.83. The molecule has 6 nitrogen and oxygen atoms in total. The van der Waals surface area contributed by atoms with E-state index in [9.17, 15) is 14.9 Å². The van der Waals surface area contributed by atoms with Crippen molar-refractivity contribution in [3.63, 3.8) is 0 Å². The van der Waals surface area contributed by atoms with Crippen molar-refractivity contribution < 1.29 is 4.92 Å². The monoisotopic (exact) mass is 331 g/mol. The van der Waals surface area contributed by atoms with Crippen molar-refractivity contribution in [3.8, 4) is 11.3 Å². The van der Waals surface area contributed by atoms with Gasteiger partial charge in [-0.25, -0.2) is 4.98 Å². The summed E-state index contributed by atoms with van der Waals surface area (Å²) in [5.41, 5.74) is 2.03. The summed E-state index contributed by atoms with van der Waals surface area (Å²) in [6.45, 7) is 0. The van der Waals surface area contributed by atoms with Gasteiger partial charge in [-0.3, -0.25) is 14.9 Å². The fourth-order valence-electron chi connectivity index (χ4n) is 2.99. The Bertz CT molecular complexity index is 1210. The van der Waals surface area contributed by atoms with Crippen LogP contribution in [0, 0.1) is 10.1 Å². The summed E-state index contributed by atoms with van der Waals surface area (Å²) in [5, 5.41) is 12.3. The molecule has 0 aliphatic rings. The Kier molecular flexibility index (Phi) is 3.32. The predicted molar refractivity (Wildman–Crippen MR) is 96.6 cm³/mol. The van der Waals surface area contributed by atoms with E-state index in [-0.39, 0.29) is 11.1 Å². The quantitative estimate of drug-likeness (QED) is 0.415. The van der Waals surface area contributed by atoms with Crippen molar-refractivity contribution in [3.05, 3.63) is 81.1 Å². The molecule has 6 heteroatoms. The third-order valence-electron chi connectivity index (χ3n) is 4.26. The minimum atomic E-state index is -0.500. The van der Waals surface area contributed by atoms with Gasteiger partial charge in [-0.1, -0.05) is 24.3 Å². The van der Waals surface area contributed by atoms with Crippen LogP contribution in [0.5, 0.6) is 0 Å². The molecular formula is C19H13N3O3. The van der Waals surface area contributed by atoms with Crippen LogP contribution in [0.1, 0.15) is 0 Å². The first kappa shape index (κ1) is 15.0. The fraction of sp³-hybridized carbons (Fsp3) is 0.0526. The lowest BCUT2D eigenvalue weighted by atomic mass is 10.1. The van der Waals surface area contributed by atoms with Crippen molar-refractivity contribution in [2.75, 3.05) is 0 Å². The Morgan fingerprint density at radius 1 is 1.08 bits per heavy atom. The maximum absolute atomic E-state index is 12.9. The lowest BCUT2D eigenvalue weighted by Gasteiger charge is -2.09. The van der Waals surface area contributed by atoms with Crippen molar-refractivity contribution in [1.29, 1.82) is 0 Å². The fourth-order valence-corrected chi connectivity index (χ4v) is 2.99. The van der Waals surface area contributed by atoms with Crippen LogP contribution in [0.3, 0.4) is 0 Å². The van der Waals surface area contributed by atoms with Crippen molar-refractivity contribution in [1.82, 2.24) is 9.55 Å². The van der Waals surface area contributed by atoms with Gasteiger partial charge in [0.2, 0.25) is 0 Å². The van der Waals surface area contributed by atoms with Crippen LogP contribution in [0.25, 0.3) is 33.1 Å². The van der Waals surface area contributed by atoms with E-state index in [4.69, 9.17) is 0 Å². The highest BCUT2D eigenvalue weighted by Gasteiger charge is 2.14. The van der Waals surface area contributed by atoms with E-state index in [1.807, 2.05) is 30.3 Å². The second kappa shape index (κ2) is 5.52. The molecule has 122 valence electrons. The van der Waals surface area contributed by atoms with Gasteiger partial charge < -0.3 is 4.57 Å². The smallest absolute Gasteiger partial charge is 0.270 e. The summed E-state index contributed by atoms with van der Waals surface area (Å²) in [6.07, 6.45) is 1.72. The number of aromatic nitrogens is 2. The molecular weight excluding hydrogens is 318 g/mol. The average molecular weight is 331 g/mol. The summed E-state index contributed by atoms with van der Waals surface area (Å²) in [4.78, 5) is 28.0. The van der Waals surface area contributed by atoms with Crippen LogP contribution in [0.4, 0.5) is 5.69 Å². The van der Waals surface area contributed by atoms with E-state index < -0.39 is 4.92 Å². The molecule has 2 heterocycles. The number of para-hydroxylation sites is 1. The van der Waals surface area contributed by atoms with E-state index in [2.05, 4.69) is 4.98 Å². The van der Waals surface area contributed by atoms with Gasteiger partial charge in [0, 0.05) is 30.8 Å². The molecule has 0 atom stereocenters. The maximum Gasteiger partial charge on any atom is 0.270 e. The van der Waals surface area contributed by atoms with Crippen LogP contribution in [0.15, 0.2) is 65.6 Å². The summed E-state index contributed by atoms with van der Waals surface area (Å²) in [7, 11) is 1.80. The number of hydrogen-bond acceptors (Lipinski definition) is 4. The summed E-state index contributed by atoms with van der Waals surface area (Å²) in [6, 6.07) is 15.7. The predicted octanol–water partition coefficient (Wildman–Crippen LogP) is 3.66. The zero-order chi connectivity index (χ0) is 17.6. The molecule has 0 aliphatic heterocycles. The number of non-ortho nitro benzene ring substituents is 1. The van der Waals surface area contributed by atoms with E-state index >= 15 is 0 Å². The molecule has 0 amide bonds. The first-order valence-corrected chi connectivity index (χ1v) is 7.68. The first-order valence-electron chi connectivity index (χ1n) is 7.68. The number of rotatable bonds is 2. The Morgan fingerprint density at radius 3 is 2.68 bits per heavy atom. The Labute approximate surface area is 142 Å². The molecule has 0 fully saturated rings. The van der Waals surface area contributed by atoms with E-state index in [0.717, 1.165) is 10.9 Å². The third kappa shape index (κ3) is 2.44. The molecule has 2 aromatic heterocycles. The molecule has 25 heavy (non-hydrogen) atoms. The Morgan fingerprint density at radius 2 is 1.88 bits per heavy atom. The van der Waals surface area contributed by atoms with E-state index in [1.165, 1.54) is 12.1 Å². The maximum atomic E-state index is 12.9. The first-order chi connectivity index (χ1) is 12.0. The lowest BCUT2D eigenvalue weighted by molar-refractivity contribution is -0.384. The van der Waals surface area contributed by atoms with E-state index in [1.54, 1.807) is 29.9 Å². The standard InChI is InChI=1S/C19H13N3O3/c1-21-11-15(17-8-6-12-4-2-3-5-16(12)20-17)19(23)14-10-13(22(24)25)7-9-18(14)21/h2-11H,1H3. The van der Waals surface area contributed by atoms with Gasteiger partial charge in [0.1, 0.15) is 0 Å². The molecule has 0 saturated carbocycles. The van der Waals surface area contributed by atoms with Gasteiger partial charge in [0.15, 0.2) is 5.43 Å². The molecule has 0 spiro atoms. The number of nitrogens with zero attached hydrogens (tertiary/aromatic N) is 3. The van der Waals surface area contributed by atoms with Crippen LogP contribution >= 0.6 is 0 Å². The van der Waals surface area contributed by atoms with Crippen LogP contribution < -0.4 is 5.43 Å². The van der Waals surface area contributed by atoms with E-state index in [0.29, 0.717) is 22.2 Å². The van der Waals surface area contributed by atoms with Crippen LogP contribution in [-0.4, -0.2) is 14.5 Å². The molecule has 0 saturated heterocycles. The van der Waals surface area contributed by atoms with Gasteiger partial charge in [-0.05, 0) is 18.2 Å². The average Bonchev–Trinajstić information content (AvgIpc) is 2.63. The van der Waals surface area contributed by atoms with Crippen molar-refractivity contribution in [2.24, 2.45) is 7.05 Å². The van der Waals surface area contributed by atoms with Gasteiger partial charge in [0.25, 0.3) is 5.69 Å². The minimum absolute atomic E-state index is 0.103. The molecule has 0 bridgehead atoms. The Hall–Kier alpha value is -3.54. The molecule has 4 rings (SSSR count). The summed E-state index contributed by atoms with van der Waals surface area (Å²) >= 11 is 0. The summed E-state index contributed by atoms with van der Waals surface area (Å²) in [5.74, 6) is 0. The largest absolute Gasteiger partial charge is 0.350 e. The zero-order valence-electron chi connectivity index (χ0n) is 13.3.